The van der Waals surface area contributed by atoms with Gasteiger partial charge in [-0.15, -0.1) is 0 Å². The molecule has 3 aromatic rings. The Morgan fingerprint density at radius 1 is 1.15 bits per heavy atom. The van der Waals surface area contributed by atoms with Crippen molar-refractivity contribution >= 4 is 11.5 Å². The first kappa shape index (κ1) is 22.5. The molecule has 34 heavy (non-hydrogen) atoms. The van der Waals surface area contributed by atoms with Gasteiger partial charge in [0, 0.05) is 42.2 Å². The minimum atomic E-state index is -4.39. The van der Waals surface area contributed by atoms with Crippen molar-refractivity contribution in [2.45, 2.75) is 38.2 Å². The molecular formula is C25H26F3N5O. The number of pyridine rings is 1. The molecule has 1 fully saturated rings. The molecule has 1 unspecified atom stereocenters. The maximum absolute atomic E-state index is 12.8. The highest BCUT2D eigenvalue weighted by molar-refractivity contribution is 5.79. The van der Waals surface area contributed by atoms with E-state index in [1.165, 1.54) is 6.07 Å². The zero-order valence-electron chi connectivity index (χ0n) is 18.7. The molecule has 0 radical (unpaired) electrons. The van der Waals surface area contributed by atoms with Crippen molar-refractivity contribution in [3.63, 3.8) is 0 Å². The molecule has 0 saturated carbocycles. The van der Waals surface area contributed by atoms with E-state index in [2.05, 4.69) is 21.8 Å². The highest BCUT2D eigenvalue weighted by Crippen LogP contribution is 2.37. The van der Waals surface area contributed by atoms with Gasteiger partial charge in [0.05, 0.1) is 31.0 Å². The van der Waals surface area contributed by atoms with E-state index in [1.54, 1.807) is 0 Å². The van der Waals surface area contributed by atoms with Gasteiger partial charge in [0.2, 0.25) is 0 Å². The molecule has 1 N–H and O–H groups in total. The van der Waals surface area contributed by atoms with E-state index in [-0.39, 0.29) is 6.04 Å². The first-order valence-electron chi connectivity index (χ1n) is 11.4. The zero-order chi connectivity index (χ0) is 23.7. The van der Waals surface area contributed by atoms with Crippen LogP contribution in [0.15, 0.2) is 55.2 Å². The van der Waals surface area contributed by atoms with E-state index in [9.17, 15) is 13.2 Å². The summed E-state index contributed by atoms with van der Waals surface area (Å²) < 4.78 is 46.2. The maximum Gasteiger partial charge on any atom is 0.417 e. The van der Waals surface area contributed by atoms with Crippen LogP contribution in [0, 0.1) is 0 Å². The van der Waals surface area contributed by atoms with Crippen LogP contribution in [0.1, 0.15) is 29.7 Å². The molecule has 5 rings (SSSR count). The van der Waals surface area contributed by atoms with Gasteiger partial charge in [-0.3, -0.25) is 4.68 Å². The topological polar surface area (TPSA) is 55.2 Å². The number of anilines is 1. The van der Waals surface area contributed by atoms with Gasteiger partial charge in [-0.1, -0.05) is 36.9 Å². The molecule has 1 aromatic carbocycles. The molecule has 2 aromatic heterocycles. The number of halogens is 3. The van der Waals surface area contributed by atoms with Crippen molar-refractivity contribution in [1.29, 1.82) is 0 Å². The van der Waals surface area contributed by atoms with Crippen molar-refractivity contribution in [2.75, 3.05) is 25.0 Å². The fraction of sp³-hybridized carbons (Fsp3) is 0.360. The Morgan fingerprint density at radius 3 is 2.71 bits per heavy atom. The number of ether oxygens (including phenoxy) is 1. The number of nitrogens with zero attached hydrogens (tertiary/aromatic N) is 4. The highest BCUT2D eigenvalue weighted by atomic mass is 19.4. The van der Waals surface area contributed by atoms with Gasteiger partial charge < -0.3 is 15.0 Å². The van der Waals surface area contributed by atoms with Crippen LogP contribution >= 0.6 is 0 Å². The SMILES string of the molecule is C=C(c1c(-c2ccccc2)nn2c1COCC2)N1CCCC1CNc1ccc(C(F)(F)F)cn1. The van der Waals surface area contributed by atoms with E-state index < -0.39 is 11.7 Å². The lowest BCUT2D eigenvalue weighted by molar-refractivity contribution is -0.137. The first-order valence-corrected chi connectivity index (χ1v) is 11.4. The van der Waals surface area contributed by atoms with Crippen LogP contribution in [0.5, 0.6) is 0 Å². The summed E-state index contributed by atoms with van der Waals surface area (Å²) in [6, 6.07) is 12.6. The fourth-order valence-electron chi connectivity index (χ4n) is 4.68. The van der Waals surface area contributed by atoms with Crippen LogP contribution in [0.25, 0.3) is 17.0 Å². The van der Waals surface area contributed by atoms with Crippen molar-refractivity contribution in [3.8, 4) is 11.3 Å². The fourth-order valence-corrected chi connectivity index (χ4v) is 4.68. The van der Waals surface area contributed by atoms with Crippen molar-refractivity contribution < 1.29 is 17.9 Å². The molecule has 0 bridgehead atoms. The third-order valence-electron chi connectivity index (χ3n) is 6.41. The molecule has 178 valence electrons. The van der Waals surface area contributed by atoms with Crippen LogP contribution in [0.2, 0.25) is 0 Å². The number of rotatable bonds is 6. The number of hydrogen-bond donors (Lipinski definition) is 1. The largest absolute Gasteiger partial charge is 0.417 e. The minimum absolute atomic E-state index is 0.139. The van der Waals surface area contributed by atoms with Crippen molar-refractivity contribution in [2.24, 2.45) is 0 Å². The molecule has 1 saturated heterocycles. The highest BCUT2D eigenvalue weighted by Gasteiger charge is 2.32. The Labute approximate surface area is 196 Å². The summed E-state index contributed by atoms with van der Waals surface area (Å²) in [7, 11) is 0. The molecule has 1 atom stereocenters. The van der Waals surface area contributed by atoms with Gasteiger partial charge in [0.1, 0.15) is 11.5 Å². The Balaban J connectivity index is 1.37. The molecule has 2 aliphatic rings. The van der Waals surface area contributed by atoms with Crippen LogP contribution in [-0.2, 0) is 24.1 Å². The Bertz CT molecular complexity index is 1160. The molecule has 6 nitrogen and oxygen atoms in total. The molecule has 0 aliphatic carbocycles. The first-order chi connectivity index (χ1) is 16.4. The average molecular weight is 470 g/mol. The summed E-state index contributed by atoms with van der Waals surface area (Å²) >= 11 is 0. The van der Waals surface area contributed by atoms with Crippen LogP contribution in [-0.4, -0.2) is 45.4 Å². The van der Waals surface area contributed by atoms with E-state index >= 15 is 0 Å². The average Bonchev–Trinajstić information content (AvgIpc) is 3.47. The quantitative estimate of drug-likeness (QED) is 0.548. The number of likely N-dealkylation sites (tertiary alicyclic amines) is 1. The van der Waals surface area contributed by atoms with Crippen molar-refractivity contribution in [3.05, 3.63) is 72.1 Å². The minimum Gasteiger partial charge on any atom is -0.373 e. The normalized spacial score (nSPS) is 18.1. The number of alkyl halides is 3. The van der Waals surface area contributed by atoms with E-state index in [0.717, 1.165) is 59.9 Å². The lowest BCUT2D eigenvalue weighted by Gasteiger charge is -2.30. The second-order valence-electron chi connectivity index (χ2n) is 8.56. The van der Waals surface area contributed by atoms with E-state index in [4.69, 9.17) is 9.84 Å². The van der Waals surface area contributed by atoms with Gasteiger partial charge in [-0.25, -0.2) is 4.98 Å². The number of aromatic nitrogens is 3. The third kappa shape index (κ3) is 4.40. The number of nitrogens with one attached hydrogen (secondary N) is 1. The molecule has 2 aliphatic heterocycles. The predicted octanol–water partition coefficient (Wildman–Crippen LogP) is 5.04. The van der Waals surface area contributed by atoms with Crippen LogP contribution in [0.3, 0.4) is 0 Å². The van der Waals surface area contributed by atoms with Gasteiger partial charge >= 0.3 is 6.18 Å². The van der Waals surface area contributed by atoms with Crippen molar-refractivity contribution in [1.82, 2.24) is 19.7 Å². The summed E-state index contributed by atoms with van der Waals surface area (Å²) in [6.45, 7) is 7.69. The molecule has 0 amide bonds. The summed E-state index contributed by atoms with van der Waals surface area (Å²) in [5, 5.41) is 8.09. The number of fused-ring (bicyclic) bond motifs is 1. The standard InChI is InChI=1S/C25H26F3N5O/c1-17(23-21-16-34-13-12-33(21)31-24(23)18-6-3-2-4-7-18)32-11-5-8-20(32)15-30-22-10-9-19(14-29-22)25(26,27)28/h2-4,6-7,9-10,14,20H,1,5,8,11-13,15-16H2,(H,29,30). The molecular weight excluding hydrogens is 443 g/mol. The Hall–Kier alpha value is -3.33. The van der Waals surface area contributed by atoms with Crippen LogP contribution in [0.4, 0.5) is 19.0 Å². The van der Waals surface area contributed by atoms with Gasteiger partial charge in [0.15, 0.2) is 0 Å². The van der Waals surface area contributed by atoms with E-state index in [0.29, 0.717) is 32.1 Å². The lowest BCUT2D eigenvalue weighted by Crippen LogP contribution is -2.34. The third-order valence-corrected chi connectivity index (χ3v) is 6.41. The maximum atomic E-state index is 12.8. The second kappa shape index (κ2) is 9.13. The molecule has 0 spiro atoms. The van der Waals surface area contributed by atoms with E-state index in [1.807, 2.05) is 35.0 Å². The van der Waals surface area contributed by atoms with Gasteiger partial charge in [-0.2, -0.15) is 18.3 Å². The van der Waals surface area contributed by atoms with Gasteiger partial charge in [0.25, 0.3) is 0 Å². The smallest absolute Gasteiger partial charge is 0.373 e. The Kier molecular flexibility index (Phi) is 6.03. The second-order valence-corrected chi connectivity index (χ2v) is 8.56. The predicted molar refractivity (Wildman–Crippen MR) is 124 cm³/mol. The summed E-state index contributed by atoms with van der Waals surface area (Å²) in [4.78, 5) is 6.21. The molecule has 4 heterocycles. The lowest BCUT2D eigenvalue weighted by atomic mass is 10.0. The summed E-state index contributed by atoms with van der Waals surface area (Å²) in [5.74, 6) is 0.423. The van der Waals surface area contributed by atoms with Gasteiger partial charge in [-0.05, 0) is 25.0 Å². The van der Waals surface area contributed by atoms with Crippen LogP contribution < -0.4 is 5.32 Å². The number of hydrogen-bond acceptors (Lipinski definition) is 5. The summed E-state index contributed by atoms with van der Waals surface area (Å²) in [6.07, 6.45) is -1.57. The molecule has 9 heteroatoms. The number of benzene rings is 1. The monoisotopic (exact) mass is 469 g/mol. The summed E-state index contributed by atoms with van der Waals surface area (Å²) in [5.41, 5.74) is 4.10. The zero-order valence-corrected chi connectivity index (χ0v) is 18.7. The Morgan fingerprint density at radius 2 is 1.97 bits per heavy atom.